The van der Waals surface area contributed by atoms with Crippen LogP contribution in [0.2, 0.25) is 0 Å². The molecule has 29 heavy (non-hydrogen) atoms. The molecule has 4 nitrogen and oxygen atoms in total. The van der Waals surface area contributed by atoms with Crippen LogP contribution in [0.15, 0.2) is 70.7 Å². The van der Waals surface area contributed by atoms with E-state index in [0.717, 1.165) is 24.3 Å². The van der Waals surface area contributed by atoms with Gasteiger partial charge in [0.2, 0.25) is 0 Å². The Morgan fingerprint density at radius 1 is 1.07 bits per heavy atom. The number of carbonyl (C=O) groups is 1. The third kappa shape index (κ3) is 4.71. The number of nitriles is 1. The van der Waals surface area contributed by atoms with E-state index in [1.165, 1.54) is 36.4 Å². The van der Waals surface area contributed by atoms with Crippen LogP contribution in [0.5, 0.6) is 0 Å². The minimum atomic E-state index is -4.56. The molecule has 3 aromatic rings. The zero-order valence-corrected chi connectivity index (χ0v) is 14.6. The summed E-state index contributed by atoms with van der Waals surface area (Å²) in [6.45, 7) is 0. The van der Waals surface area contributed by atoms with Gasteiger partial charge in [0.15, 0.2) is 0 Å². The van der Waals surface area contributed by atoms with Gasteiger partial charge in [-0.05, 0) is 42.5 Å². The van der Waals surface area contributed by atoms with E-state index in [1.54, 1.807) is 12.1 Å². The largest absolute Gasteiger partial charge is 0.457 e. The van der Waals surface area contributed by atoms with E-state index in [-0.39, 0.29) is 22.8 Å². The Hall–Kier alpha value is -3.86. The molecule has 0 radical (unpaired) electrons. The molecule has 0 aliphatic carbocycles. The lowest BCUT2D eigenvalue weighted by molar-refractivity contribution is -0.137. The highest BCUT2D eigenvalue weighted by atomic mass is 19.4. The number of hydrogen-bond donors (Lipinski definition) is 1. The zero-order valence-electron chi connectivity index (χ0n) is 14.6. The predicted octanol–water partition coefficient (Wildman–Crippen LogP) is 5.65. The normalized spacial score (nSPS) is 11.8. The second-order valence-corrected chi connectivity index (χ2v) is 5.88. The molecule has 1 aromatic heterocycles. The number of alkyl halides is 3. The van der Waals surface area contributed by atoms with Crippen molar-refractivity contribution in [2.45, 2.75) is 6.18 Å². The maximum Gasteiger partial charge on any atom is 0.416 e. The van der Waals surface area contributed by atoms with Gasteiger partial charge < -0.3 is 9.73 Å². The second kappa shape index (κ2) is 8.02. The van der Waals surface area contributed by atoms with E-state index in [2.05, 4.69) is 5.32 Å². The van der Waals surface area contributed by atoms with Crippen LogP contribution in [0.3, 0.4) is 0 Å². The monoisotopic (exact) mass is 400 g/mol. The molecule has 1 N–H and O–H groups in total. The van der Waals surface area contributed by atoms with Gasteiger partial charge in [-0.1, -0.05) is 18.2 Å². The van der Waals surface area contributed by atoms with Gasteiger partial charge in [-0.25, -0.2) is 4.39 Å². The van der Waals surface area contributed by atoms with E-state index in [4.69, 9.17) is 4.42 Å². The summed E-state index contributed by atoms with van der Waals surface area (Å²) in [7, 11) is 0. The second-order valence-electron chi connectivity index (χ2n) is 5.88. The molecule has 0 spiro atoms. The summed E-state index contributed by atoms with van der Waals surface area (Å²) in [6.07, 6.45) is -3.45. The number of rotatable bonds is 4. The first-order chi connectivity index (χ1) is 13.8. The van der Waals surface area contributed by atoms with E-state index >= 15 is 0 Å². The fourth-order valence-electron chi connectivity index (χ4n) is 2.50. The Morgan fingerprint density at radius 3 is 2.52 bits per heavy atom. The number of nitrogens with one attached hydrogen (secondary N) is 1. The van der Waals surface area contributed by atoms with Gasteiger partial charge in [0.1, 0.15) is 29.0 Å². The van der Waals surface area contributed by atoms with Gasteiger partial charge in [0.25, 0.3) is 5.91 Å². The Labute approximate surface area is 162 Å². The van der Waals surface area contributed by atoms with Crippen LogP contribution in [0.1, 0.15) is 11.3 Å². The third-order valence-electron chi connectivity index (χ3n) is 3.87. The molecule has 0 aliphatic heterocycles. The summed E-state index contributed by atoms with van der Waals surface area (Å²) in [4.78, 5) is 12.3. The van der Waals surface area contributed by atoms with Crippen LogP contribution in [0, 0.1) is 17.1 Å². The molecule has 3 rings (SSSR count). The van der Waals surface area contributed by atoms with Crippen molar-refractivity contribution in [2.75, 3.05) is 5.32 Å². The standard InChI is InChI=1S/C21H12F4N2O2/c22-18-7-2-1-6-17(18)19-9-8-16(29-19)10-13(12-26)20(28)27-15-5-3-4-14(11-15)21(23,24)25/h1-11H,(H,27,28). The Bertz CT molecular complexity index is 1120. The van der Waals surface area contributed by atoms with Crippen molar-refractivity contribution in [3.8, 4) is 17.4 Å². The number of amides is 1. The molecular formula is C21H12F4N2O2. The molecular weight excluding hydrogens is 388 g/mol. The maximum atomic E-state index is 13.8. The summed E-state index contributed by atoms with van der Waals surface area (Å²) >= 11 is 0. The predicted molar refractivity (Wildman–Crippen MR) is 97.8 cm³/mol. The molecule has 0 atom stereocenters. The van der Waals surface area contributed by atoms with E-state index < -0.39 is 29.0 Å². The highest BCUT2D eigenvalue weighted by molar-refractivity contribution is 6.09. The molecule has 0 aliphatic rings. The number of benzene rings is 2. The van der Waals surface area contributed by atoms with Gasteiger partial charge in [-0.15, -0.1) is 0 Å². The van der Waals surface area contributed by atoms with Crippen molar-refractivity contribution in [1.82, 2.24) is 0 Å². The molecule has 0 bridgehead atoms. The molecule has 2 aromatic carbocycles. The highest BCUT2D eigenvalue weighted by Crippen LogP contribution is 2.31. The average Bonchev–Trinajstić information content (AvgIpc) is 3.14. The number of halogens is 4. The SMILES string of the molecule is N#CC(=Cc1ccc(-c2ccccc2F)o1)C(=O)Nc1cccc(C(F)(F)F)c1. The molecule has 8 heteroatoms. The molecule has 146 valence electrons. The Kier molecular flexibility index (Phi) is 5.50. The first-order valence-electron chi connectivity index (χ1n) is 8.23. The Balaban J connectivity index is 1.81. The van der Waals surface area contributed by atoms with Crippen molar-refractivity contribution < 1.29 is 26.8 Å². The number of anilines is 1. The quantitative estimate of drug-likeness (QED) is 0.350. The summed E-state index contributed by atoms with van der Waals surface area (Å²) in [6, 6.07) is 14.5. The number of carbonyl (C=O) groups excluding carboxylic acids is 1. The molecule has 0 saturated heterocycles. The minimum Gasteiger partial charge on any atom is -0.457 e. The van der Waals surface area contributed by atoms with E-state index in [0.29, 0.717) is 0 Å². The first kappa shape index (κ1) is 19.9. The summed E-state index contributed by atoms with van der Waals surface area (Å²) in [5.41, 5.74) is -1.23. The van der Waals surface area contributed by atoms with Crippen molar-refractivity contribution in [3.05, 3.63) is 83.4 Å². The average molecular weight is 400 g/mol. The van der Waals surface area contributed by atoms with Gasteiger partial charge >= 0.3 is 6.18 Å². The van der Waals surface area contributed by atoms with Crippen LogP contribution >= 0.6 is 0 Å². The van der Waals surface area contributed by atoms with Crippen LogP contribution < -0.4 is 5.32 Å². The van der Waals surface area contributed by atoms with Gasteiger partial charge in [-0.3, -0.25) is 4.79 Å². The molecule has 0 unspecified atom stereocenters. The molecule has 0 fully saturated rings. The van der Waals surface area contributed by atoms with Gasteiger partial charge in [-0.2, -0.15) is 18.4 Å². The van der Waals surface area contributed by atoms with Gasteiger partial charge in [0.05, 0.1) is 11.1 Å². The number of hydrogen-bond acceptors (Lipinski definition) is 3. The smallest absolute Gasteiger partial charge is 0.416 e. The summed E-state index contributed by atoms with van der Waals surface area (Å²) in [5.74, 6) is -1.10. The minimum absolute atomic E-state index is 0.110. The topological polar surface area (TPSA) is 66.0 Å². The summed E-state index contributed by atoms with van der Waals surface area (Å²) < 4.78 is 57.6. The molecule has 1 amide bonds. The van der Waals surface area contributed by atoms with Crippen molar-refractivity contribution in [2.24, 2.45) is 0 Å². The third-order valence-corrected chi connectivity index (χ3v) is 3.87. The van der Waals surface area contributed by atoms with Crippen LogP contribution in [0.4, 0.5) is 23.2 Å². The van der Waals surface area contributed by atoms with E-state index in [9.17, 15) is 27.6 Å². The molecule has 1 heterocycles. The fraction of sp³-hybridized carbons (Fsp3) is 0.0476. The van der Waals surface area contributed by atoms with Crippen LogP contribution in [0.25, 0.3) is 17.4 Å². The zero-order chi connectivity index (χ0) is 21.0. The Morgan fingerprint density at radius 2 is 1.83 bits per heavy atom. The van der Waals surface area contributed by atoms with Crippen LogP contribution in [-0.2, 0) is 11.0 Å². The lowest BCUT2D eigenvalue weighted by Gasteiger charge is -2.09. The van der Waals surface area contributed by atoms with Gasteiger partial charge in [0, 0.05) is 11.8 Å². The van der Waals surface area contributed by atoms with Crippen molar-refractivity contribution >= 4 is 17.7 Å². The molecule has 0 saturated carbocycles. The number of furan rings is 1. The fourth-order valence-corrected chi connectivity index (χ4v) is 2.50. The first-order valence-corrected chi connectivity index (χ1v) is 8.23. The van der Waals surface area contributed by atoms with Crippen LogP contribution in [-0.4, -0.2) is 5.91 Å². The lowest BCUT2D eigenvalue weighted by atomic mass is 10.1. The van der Waals surface area contributed by atoms with Crippen molar-refractivity contribution in [1.29, 1.82) is 5.26 Å². The lowest BCUT2D eigenvalue weighted by Crippen LogP contribution is -2.14. The van der Waals surface area contributed by atoms with E-state index in [1.807, 2.05) is 0 Å². The van der Waals surface area contributed by atoms with Crippen molar-refractivity contribution in [3.63, 3.8) is 0 Å². The maximum absolute atomic E-state index is 13.8. The summed E-state index contributed by atoms with van der Waals surface area (Å²) in [5, 5.41) is 11.5. The highest BCUT2D eigenvalue weighted by Gasteiger charge is 2.30. The number of nitrogens with zero attached hydrogens (tertiary/aromatic N) is 1.